The number of fused-ring (bicyclic) bond motifs is 1. The number of aliphatic hydroxyl groups is 1. The third-order valence-electron chi connectivity index (χ3n) is 8.77. The maximum Gasteiger partial charge on any atom is 0.410 e. The molecule has 1 N–H and O–H groups in total. The number of nitrogens with zero attached hydrogens (tertiary/aromatic N) is 2. The molecule has 2 aromatic carbocycles. The van der Waals surface area contributed by atoms with E-state index in [1.165, 1.54) is 0 Å². The van der Waals surface area contributed by atoms with Crippen molar-refractivity contribution in [3.8, 4) is 5.75 Å². The SMILES string of the molecule is COCCCN1CCOc2ccc(CO[C@H]3CN(C(=O)OC(C)(C)C)CC[C@]3(OCC(C)(C)O)c3ccc(COC[C@@H](C)COC)cc3)cc21. The third-order valence-corrected chi connectivity index (χ3v) is 8.77. The van der Waals surface area contributed by atoms with Crippen LogP contribution in [0.2, 0.25) is 0 Å². The zero-order valence-corrected chi connectivity index (χ0v) is 31.5. The molecule has 0 spiro atoms. The van der Waals surface area contributed by atoms with E-state index < -0.39 is 29.0 Å². The Morgan fingerprint density at radius 3 is 2.42 bits per heavy atom. The Balaban J connectivity index is 1.62. The van der Waals surface area contributed by atoms with Gasteiger partial charge in [0.2, 0.25) is 0 Å². The van der Waals surface area contributed by atoms with E-state index in [4.69, 9.17) is 33.2 Å². The highest BCUT2D eigenvalue weighted by Gasteiger charge is 2.49. The van der Waals surface area contributed by atoms with Crippen molar-refractivity contribution in [2.45, 2.75) is 90.5 Å². The minimum absolute atomic E-state index is 0.0775. The molecule has 2 heterocycles. The standard InChI is InChI=1S/C39H60N2O9/c1-29(24-45-8)25-46-26-30-10-13-32(14-11-30)39(49-28-38(5,6)43)16-18-41(36(42)50-37(2,3)4)23-35(39)48-27-31-12-15-34-33(22-31)40(19-21-47-34)17-9-20-44-7/h10-15,22,29,35,43H,9,16-21,23-28H2,1-8H3/t29-,35-,39-/m0/s1. The molecule has 1 amide bonds. The van der Waals surface area contributed by atoms with Crippen molar-refractivity contribution in [2.75, 3.05) is 78.3 Å². The maximum atomic E-state index is 13.4. The Hall–Kier alpha value is -2.93. The second kappa shape index (κ2) is 18.0. The summed E-state index contributed by atoms with van der Waals surface area (Å²) in [5.74, 6) is 1.15. The highest BCUT2D eigenvalue weighted by Crippen LogP contribution is 2.41. The predicted molar refractivity (Wildman–Crippen MR) is 193 cm³/mol. The molecule has 2 aromatic rings. The van der Waals surface area contributed by atoms with Gasteiger partial charge in [0.25, 0.3) is 0 Å². The summed E-state index contributed by atoms with van der Waals surface area (Å²) in [5, 5.41) is 10.8. The van der Waals surface area contributed by atoms with Gasteiger partial charge in [0.1, 0.15) is 29.7 Å². The Kier molecular flexibility index (Phi) is 14.4. The Morgan fingerprint density at radius 2 is 1.74 bits per heavy atom. The van der Waals surface area contributed by atoms with Crippen molar-refractivity contribution in [1.82, 2.24) is 4.90 Å². The number of likely N-dealkylation sites (tertiary alicyclic amines) is 1. The van der Waals surface area contributed by atoms with Crippen molar-refractivity contribution in [1.29, 1.82) is 0 Å². The van der Waals surface area contributed by atoms with Crippen molar-refractivity contribution >= 4 is 11.8 Å². The van der Waals surface area contributed by atoms with Gasteiger partial charge in [-0.1, -0.05) is 37.3 Å². The van der Waals surface area contributed by atoms with Crippen LogP contribution in [0.5, 0.6) is 5.75 Å². The van der Waals surface area contributed by atoms with Crippen LogP contribution in [0, 0.1) is 5.92 Å². The van der Waals surface area contributed by atoms with E-state index in [2.05, 4.69) is 30.0 Å². The molecule has 1 fully saturated rings. The Bertz CT molecular complexity index is 1340. The highest BCUT2D eigenvalue weighted by atomic mass is 16.6. The number of rotatable bonds is 17. The molecule has 280 valence electrons. The minimum Gasteiger partial charge on any atom is -0.490 e. The topological polar surface area (TPSA) is 108 Å². The van der Waals surface area contributed by atoms with Crippen molar-refractivity contribution in [3.05, 3.63) is 59.2 Å². The summed E-state index contributed by atoms with van der Waals surface area (Å²) in [7, 11) is 3.42. The molecule has 0 aromatic heterocycles. The first-order chi connectivity index (χ1) is 23.7. The quantitative estimate of drug-likeness (QED) is 0.200. The number of ether oxygens (including phenoxy) is 7. The van der Waals surface area contributed by atoms with E-state index in [-0.39, 0.29) is 19.8 Å². The van der Waals surface area contributed by atoms with E-state index in [9.17, 15) is 9.90 Å². The van der Waals surface area contributed by atoms with E-state index in [0.29, 0.717) is 51.9 Å². The number of anilines is 1. The van der Waals surface area contributed by atoms with Crippen LogP contribution in [0.4, 0.5) is 10.5 Å². The van der Waals surface area contributed by atoms with Crippen LogP contribution in [0.3, 0.4) is 0 Å². The van der Waals surface area contributed by atoms with E-state index in [1.807, 2.05) is 45.0 Å². The Labute approximate surface area is 299 Å². The summed E-state index contributed by atoms with van der Waals surface area (Å²) < 4.78 is 41.8. The van der Waals surface area contributed by atoms with Crippen molar-refractivity contribution in [3.63, 3.8) is 0 Å². The number of carbonyl (C=O) groups is 1. The predicted octanol–water partition coefficient (Wildman–Crippen LogP) is 5.93. The average molecular weight is 701 g/mol. The fraction of sp³-hybridized carbons (Fsp3) is 0.667. The first-order valence-electron chi connectivity index (χ1n) is 17.8. The van der Waals surface area contributed by atoms with E-state index in [0.717, 1.165) is 47.6 Å². The van der Waals surface area contributed by atoms with Crippen LogP contribution in [-0.2, 0) is 47.2 Å². The molecule has 50 heavy (non-hydrogen) atoms. The summed E-state index contributed by atoms with van der Waals surface area (Å²) in [6.45, 7) is 16.9. The van der Waals surface area contributed by atoms with Gasteiger partial charge in [-0.3, -0.25) is 0 Å². The first-order valence-corrected chi connectivity index (χ1v) is 17.8. The van der Waals surface area contributed by atoms with Gasteiger partial charge in [-0.15, -0.1) is 0 Å². The average Bonchev–Trinajstić information content (AvgIpc) is 3.06. The largest absolute Gasteiger partial charge is 0.490 e. The van der Waals surface area contributed by atoms with Crippen molar-refractivity contribution < 1.29 is 43.1 Å². The summed E-state index contributed by atoms with van der Waals surface area (Å²) in [5.41, 5.74) is 1.28. The van der Waals surface area contributed by atoms with Crippen LogP contribution < -0.4 is 9.64 Å². The number of hydrogen-bond acceptors (Lipinski definition) is 10. The molecule has 11 nitrogen and oxygen atoms in total. The van der Waals surface area contributed by atoms with E-state index in [1.54, 1.807) is 33.0 Å². The van der Waals surface area contributed by atoms with Gasteiger partial charge in [-0.25, -0.2) is 4.79 Å². The van der Waals surface area contributed by atoms with Gasteiger partial charge in [0.05, 0.1) is 57.4 Å². The van der Waals surface area contributed by atoms with E-state index >= 15 is 0 Å². The van der Waals surface area contributed by atoms with Gasteiger partial charge in [0, 0.05) is 46.3 Å². The number of hydrogen-bond donors (Lipinski definition) is 1. The molecular weight excluding hydrogens is 640 g/mol. The zero-order valence-electron chi connectivity index (χ0n) is 31.5. The number of amides is 1. The van der Waals surface area contributed by atoms with Gasteiger partial charge < -0.3 is 48.1 Å². The number of methoxy groups -OCH3 is 2. The van der Waals surface area contributed by atoms with Crippen LogP contribution in [0.1, 0.15) is 71.1 Å². The molecule has 0 bridgehead atoms. The number of benzene rings is 2. The van der Waals surface area contributed by atoms with Crippen LogP contribution in [0.25, 0.3) is 0 Å². The lowest BCUT2D eigenvalue weighted by Gasteiger charge is -2.48. The fourth-order valence-electron chi connectivity index (χ4n) is 6.30. The molecule has 3 atom stereocenters. The fourth-order valence-corrected chi connectivity index (χ4v) is 6.30. The molecular formula is C39H60N2O9. The summed E-state index contributed by atoms with van der Waals surface area (Å²) >= 11 is 0. The highest BCUT2D eigenvalue weighted by molar-refractivity contribution is 5.68. The second-order valence-corrected chi connectivity index (χ2v) is 15.2. The molecule has 1 saturated heterocycles. The van der Waals surface area contributed by atoms with Crippen LogP contribution in [0.15, 0.2) is 42.5 Å². The Morgan fingerprint density at radius 1 is 1.00 bits per heavy atom. The molecule has 11 heteroatoms. The van der Waals surface area contributed by atoms with Gasteiger partial charge in [0.15, 0.2) is 0 Å². The van der Waals surface area contributed by atoms with Crippen LogP contribution >= 0.6 is 0 Å². The summed E-state index contributed by atoms with van der Waals surface area (Å²) in [4.78, 5) is 17.4. The number of carbonyl (C=O) groups excluding carboxylic acids is 1. The molecule has 0 aliphatic carbocycles. The lowest BCUT2D eigenvalue weighted by molar-refractivity contribution is -0.204. The molecule has 0 radical (unpaired) electrons. The summed E-state index contributed by atoms with van der Waals surface area (Å²) in [6.07, 6.45) is 0.393. The monoisotopic (exact) mass is 700 g/mol. The molecule has 4 rings (SSSR count). The maximum absolute atomic E-state index is 13.4. The van der Waals surface area contributed by atoms with Crippen LogP contribution in [-0.4, -0.2) is 107 Å². The molecule has 0 saturated carbocycles. The minimum atomic E-state index is -1.09. The molecule has 2 aliphatic rings. The normalized spacial score (nSPS) is 20.3. The molecule has 0 unspecified atom stereocenters. The lowest BCUT2D eigenvalue weighted by atomic mass is 9.81. The smallest absolute Gasteiger partial charge is 0.410 e. The van der Waals surface area contributed by atoms with Gasteiger partial charge in [-0.2, -0.15) is 0 Å². The first kappa shape index (κ1) is 39.8. The van der Waals surface area contributed by atoms with Gasteiger partial charge in [-0.05, 0) is 69.9 Å². The molecule has 2 aliphatic heterocycles. The zero-order chi connectivity index (χ0) is 36.4. The number of piperidine rings is 1. The second-order valence-electron chi connectivity index (χ2n) is 15.2. The van der Waals surface area contributed by atoms with Crippen molar-refractivity contribution in [2.24, 2.45) is 5.92 Å². The van der Waals surface area contributed by atoms with Gasteiger partial charge >= 0.3 is 6.09 Å². The lowest BCUT2D eigenvalue weighted by Crippen LogP contribution is -2.58. The third kappa shape index (κ3) is 11.5. The summed E-state index contributed by atoms with van der Waals surface area (Å²) in [6, 6.07) is 14.3.